The number of hydrogen-bond donors (Lipinski definition) is 0. The molecule has 5 nitrogen and oxygen atoms in total. The number of rotatable bonds is 4. The Morgan fingerprint density at radius 3 is 1.64 bits per heavy atom. The number of para-hydroxylation sites is 1. The molecule has 50 heavy (non-hydrogen) atoms. The first-order valence-electron chi connectivity index (χ1n) is 16.1. The molecule has 0 aliphatic rings. The molecular formula is C45H23N3O2. The van der Waals surface area contributed by atoms with E-state index >= 15 is 0 Å². The van der Waals surface area contributed by atoms with Gasteiger partial charge in [0.25, 0.3) is 0 Å². The van der Waals surface area contributed by atoms with Crippen LogP contribution in [0.4, 0.5) is 0 Å². The van der Waals surface area contributed by atoms with Crippen molar-refractivity contribution in [3.8, 4) is 62.7 Å². The van der Waals surface area contributed by atoms with Crippen LogP contribution in [0.2, 0.25) is 0 Å². The SMILES string of the molecule is N#Cc1cccc(-c2c(-c3ccc4oc5ccccc5c4c3)cc(-c3ccccc3C#N)cc2-c2ccc3oc4ccc(C#N)cc4c3c2)c1. The summed E-state index contributed by atoms with van der Waals surface area (Å²) in [4.78, 5) is 0. The van der Waals surface area contributed by atoms with Crippen LogP contribution in [0.25, 0.3) is 88.4 Å². The maximum absolute atomic E-state index is 10.2. The molecule has 0 fully saturated rings. The molecule has 0 unspecified atom stereocenters. The Morgan fingerprint density at radius 2 is 0.940 bits per heavy atom. The van der Waals surface area contributed by atoms with Gasteiger partial charge in [-0.05, 0) is 123 Å². The molecule has 0 saturated carbocycles. The third-order valence-corrected chi connectivity index (χ3v) is 9.37. The first-order valence-corrected chi connectivity index (χ1v) is 16.1. The zero-order valence-corrected chi connectivity index (χ0v) is 26.4. The van der Waals surface area contributed by atoms with E-state index in [4.69, 9.17) is 8.83 Å². The zero-order valence-electron chi connectivity index (χ0n) is 26.4. The molecule has 2 aromatic heterocycles. The number of benzene rings is 7. The van der Waals surface area contributed by atoms with Gasteiger partial charge in [0.15, 0.2) is 0 Å². The second kappa shape index (κ2) is 11.4. The average molecular weight is 638 g/mol. The van der Waals surface area contributed by atoms with Gasteiger partial charge in [0, 0.05) is 21.5 Å². The van der Waals surface area contributed by atoms with E-state index in [1.807, 2.05) is 91.0 Å². The van der Waals surface area contributed by atoms with Crippen molar-refractivity contribution in [1.82, 2.24) is 0 Å². The van der Waals surface area contributed by atoms with E-state index in [0.29, 0.717) is 22.3 Å². The Bertz CT molecular complexity index is 2980. The van der Waals surface area contributed by atoms with Crippen LogP contribution in [0.1, 0.15) is 16.7 Å². The maximum atomic E-state index is 10.2. The maximum Gasteiger partial charge on any atom is 0.135 e. The summed E-state index contributed by atoms with van der Waals surface area (Å²) in [6.07, 6.45) is 0. The second-order valence-corrected chi connectivity index (χ2v) is 12.2. The molecule has 230 valence electrons. The van der Waals surface area contributed by atoms with Crippen molar-refractivity contribution in [1.29, 1.82) is 15.8 Å². The van der Waals surface area contributed by atoms with Gasteiger partial charge in [-0.2, -0.15) is 15.8 Å². The van der Waals surface area contributed by atoms with Crippen LogP contribution in [-0.2, 0) is 0 Å². The third-order valence-electron chi connectivity index (χ3n) is 9.37. The fraction of sp³-hybridized carbons (Fsp3) is 0. The van der Waals surface area contributed by atoms with Crippen LogP contribution >= 0.6 is 0 Å². The largest absolute Gasteiger partial charge is 0.456 e. The molecule has 0 aliphatic heterocycles. The predicted molar refractivity (Wildman–Crippen MR) is 197 cm³/mol. The van der Waals surface area contributed by atoms with Gasteiger partial charge in [-0.25, -0.2) is 0 Å². The van der Waals surface area contributed by atoms with E-state index in [0.717, 1.165) is 82.8 Å². The molecule has 0 aliphatic carbocycles. The van der Waals surface area contributed by atoms with Crippen LogP contribution < -0.4 is 0 Å². The number of nitriles is 3. The van der Waals surface area contributed by atoms with Crippen LogP contribution in [-0.4, -0.2) is 0 Å². The standard InChI is InChI=1S/C45H23N3O2/c46-24-27-6-5-8-31(18-27)45-36(29-13-16-43-39(20-29)35-10-3-4-11-41(35)49-43)22-33(34-9-2-1-7-32(34)26-48)23-37(45)30-14-17-44-40(21-30)38-19-28(25-47)12-15-42(38)50-44/h1-23H. The van der Waals surface area contributed by atoms with Crippen LogP contribution in [0.3, 0.4) is 0 Å². The molecule has 0 bridgehead atoms. The minimum atomic E-state index is 0.551. The molecule has 9 aromatic rings. The third kappa shape index (κ3) is 4.61. The molecular weight excluding hydrogens is 615 g/mol. The molecule has 0 spiro atoms. The topological polar surface area (TPSA) is 97.7 Å². The summed E-state index contributed by atoms with van der Waals surface area (Å²) in [6.45, 7) is 0. The minimum absolute atomic E-state index is 0.551. The monoisotopic (exact) mass is 637 g/mol. The summed E-state index contributed by atoms with van der Waals surface area (Å²) in [5.41, 5.74) is 12.0. The molecule has 0 saturated heterocycles. The van der Waals surface area contributed by atoms with Crippen molar-refractivity contribution in [2.75, 3.05) is 0 Å². The van der Waals surface area contributed by atoms with Crippen molar-refractivity contribution >= 4 is 43.9 Å². The van der Waals surface area contributed by atoms with Crippen LogP contribution in [0, 0.1) is 34.0 Å². The van der Waals surface area contributed by atoms with Crippen molar-refractivity contribution in [2.24, 2.45) is 0 Å². The normalized spacial score (nSPS) is 11.1. The van der Waals surface area contributed by atoms with E-state index in [-0.39, 0.29) is 0 Å². The molecule has 0 atom stereocenters. The molecule has 7 aromatic carbocycles. The molecule has 2 heterocycles. The highest BCUT2D eigenvalue weighted by molar-refractivity contribution is 6.10. The highest BCUT2D eigenvalue weighted by Crippen LogP contribution is 2.46. The van der Waals surface area contributed by atoms with E-state index in [1.54, 1.807) is 12.1 Å². The van der Waals surface area contributed by atoms with E-state index in [2.05, 4.69) is 54.6 Å². The lowest BCUT2D eigenvalue weighted by atomic mass is 9.83. The summed E-state index contributed by atoms with van der Waals surface area (Å²) in [5.74, 6) is 0. The second-order valence-electron chi connectivity index (χ2n) is 12.2. The Labute approximate surface area is 286 Å². The highest BCUT2D eigenvalue weighted by Gasteiger charge is 2.21. The van der Waals surface area contributed by atoms with Crippen molar-refractivity contribution in [3.05, 3.63) is 156 Å². The average Bonchev–Trinajstić information content (AvgIpc) is 3.74. The number of furan rings is 2. The van der Waals surface area contributed by atoms with Crippen molar-refractivity contribution in [2.45, 2.75) is 0 Å². The molecule has 0 radical (unpaired) electrons. The number of nitrogens with zero attached hydrogens (tertiary/aromatic N) is 3. The van der Waals surface area contributed by atoms with Crippen LogP contribution in [0.5, 0.6) is 0 Å². The highest BCUT2D eigenvalue weighted by atomic mass is 16.3. The fourth-order valence-corrected chi connectivity index (χ4v) is 7.05. The summed E-state index contributed by atoms with van der Waals surface area (Å²) in [5, 5.41) is 33.5. The lowest BCUT2D eigenvalue weighted by Crippen LogP contribution is -1.95. The Kier molecular flexibility index (Phi) is 6.56. The van der Waals surface area contributed by atoms with Gasteiger partial charge in [0.05, 0.1) is 34.9 Å². The van der Waals surface area contributed by atoms with Gasteiger partial charge >= 0.3 is 0 Å². The van der Waals surface area contributed by atoms with Gasteiger partial charge < -0.3 is 8.83 Å². The molecule has 0 N–H and O–H groups in total. The fourth-order valence-electron chi connectivity index (χ4n) is 7.05. The number of hydrogen-bond acceptors (Lipinski definition) is 5. The van der Waals surface area contributed by atoms with E-state index in [1.165, 1.54) is 0 Å². The lowest BCUT2D eigenvalue weighted by molar-refractivity contribution is 0.668. The van der Waals surface area contributed by atoms with Gasteiger partial charge in [-0.15, -0.1) is 0 Å². The van der Waals surface area contributed by atoms with Gasteiger partial charge in [0.2, 0.25) is 0 Å². The van der Waals surface area contributed by atoms with Crippen molar-refractivity contribution in [3.63, 3.8) is 0 Å². The molecule has 9 rings (SSSR count). The summed E-state index contributed by atoms with van der Waals surface area (Å²) in [6, 6.07) is 52.3. The Hall–Kier alpha value is -7.39. The molecule has 5 heteroatoms. The summed E-state index contributed by atoms with van der Waals surface area (Å²) >= 11 is 0. The quantitative estimate of drug-likeness (QED) is 0.191. The van der Waals surface area contributed by atoms with Crippen LogP contribution in [0.15, 0.2) is 148 Å². The minimum Gasteiger partial charge on any atom is -0.456 e. The Balaban J connectivity index is 1.41. The first-order chi connectivity index (χ1) is 24.6. The van der Waals surface area contributed by atoms with Gasteiger partial charge in [0.1, 0.15) is 22.3 Å². The van der Waals surface area contributed by atoms with E-state index in [9.17, 15) is 15.8 Å². The Morgan fingerprint density at radius 1 is 0.360 bits per heavy atom. The van der Waals surface area contributed by atoms with Gasteiger partial charge in [-0.1, -0.05) is 60.7 Å². The molecule has 0 amide bonds. The van der Waals surface area contributed by atoms with Gasteiger partial charge in [-0.3, -0.25) is 0 Å². The predicted octanol–water partition coefficient (Wildman–Crippen LogP) is 11.8. The van der Waals surface area contributed by atoms with Crippen molar-refractivity contribution < 1.29 is 8.83 Å². The summed E-state index contributed by atoms with van der Waals surface area (Å²) < 4.78 is 12.4. The first kappa shape index (κ1) is 28.8. The lowest BCUT2D eigenvalue weighted by Gasteiger charge is -2.20. The smallest absolute Gasteiger partial charge is 0.135 e. The zero-order chi connectivity index (χ0) is 33.8. The summed E-state index contributed by atoms with van der Waals surface area (Å²) in [7, 11) is 0. The number of fused-ring (bicyclic) bond motifs is 6. The van der Waals surface area contributed by atoms with E-state index < -0.39 is 0 Å².